The van der Waals surface area contributed by atoms with Crippen LogP contribution in [-0.4, -0.2) is 19.0 Å². The molecule has 2 atom stereocenters. The lowest BCUT2D eigenvalue weighted by atomic mass is 10.0. The van der Waals surface area contributed by atoms with E-state index in [4.69, 9.17) is 11.6 Å². The van der Waals surface area contributed by atoms with Crippen molar-refractivity contribution >= 4 is 23.5 Å². The SMILES string of the molecule is CNC(=O)NC(=O)[C@H](N[C@@H](C)c1ccccc1Cl)c1ccccc1. The van der Waals surface area contributed by atoms with Gasteiger partial charge in [0.05, 0.1) is 0 Å². The molecule has 5 nitrogen and oxygen atoms in total. The lowest BCUT2D eigenvalue weighted by molar-refractivity contribution is -0.122. The third-order valence-corrected chi connectivity index (χ3v) is 3.99. The van der Waals surface area contributed by atoms with Crippen LogP contribution in [0.5, 0.6) is 0 Å². The first-order valence-corrected chi connectivity index (χ1v) is 7.98. The van der Waals surface area contributed by atoms with E-state index in [1.165, 1.54) is 7.05 Å². The van der Waals surface area contributed by atoms with Crippen molar-refractivity contribution in [2.45, 2.75) is 19.0 Å². The van der Waals surface area contributed by atoms with Crippen molar-refractivity contribution in [3.8, 4) is 0 Å². The van der Waals surface area contributed by atoms with Crippen molar-refractivity contribution in [1.29, 1.82) is 0 Å². The van der Waals surface area contributed by atoms with Gasteiger partial charge in [-0.2, -0.15) is 0 Å². The average molecular weight is 346 g/mol. The molecule has 0 spiro atoms. The Balaban J connectivity index is 2.24. The Morgan fingerprint density at radius 1 is 1.00 bits per heavy atom. The molecule has 0 aliphatic heterocycles. The number of amides is 3. The van der Waals surface area contributed by atoms with E-state index in [0.29, 0.717) is 5.02 Å². The smallest absolute Gasteiger partial charge is 0.321 e. The summed E-state index contributed by atoms with van der Waals surface area (Å²) in [6, 6.07) is 15.3. The highest BCUT2D eigenvalue weighted by molar-refractivity contribution is 6.31. The molecule has 0 aromatic heterocycles. The van der Waals surface area contributed by atoms with Gasteiger partial charge < -0.3 is 5.32 Å². The van der Waals surface area contributed by atoms with E-state index in [1.807, 2.05) is 55.5 Å². The van der Waals surface area contributed by atoms with E-state index in [1.54, 1.807) is 6.07 Å². The molecule has 0 heterocycles. The zero-order valence-electron chi connectivity index (χ0n) is 13.5. The number of halogens is 1. The zero-order chi connectivity index (χ0) is 17.5. The lowest BCUT2D eigenvalue weighted by Crippen LogP contribution is -2.44. The highest BCUT2D eigenvalue weighted by Crippen LogP contribution is 2.25. The second-order valence-electron chi connectivity index (χ2n) is 5.32. The summed E-state index contributed by atoms with van der Waals surface area (Å²) in [6.07, 6.45) is 0. The summed E-state index contributed by atoms with van der Waals surface area (Å²) < 4.78 is 0. The number of carbonyl (C=O) groups is 2. The minimum Gasteiger partial charge on any atom is -0.341 e. The summed E-state index contributed by atoms with van der Waals surface area (Å²) in [5, 5.41) is 8.56. The maximum absolute atomic E-state index is 12.5. The predicted molar refractivity (Wildman–Crippen MR) is 94.8 cm³/mol. The first kappa shape index (κ1) is 18.0. The first-order chi connectivity index (χ1) is 11.5. The molecular weight excluding hydrogens is 326 g/mol. The predicted octanol–water partition coefficient (Wildman–Crippen LogP) is 3.19. The highest BCUT2D eigenvalue weighted by Gasteiger charge is 2.24. The van der Waals surface area contributed by atoms with Crippen LogP contribution in [0.2, 0.25) is 5.02 Å². The zero-order valence-corrected chi connectivity index (χ0v) is 14.3. The van der Waals surface area contributed by atoms with Crippen molar-refractivity contribution in [2.24, 2.45) is 0 Å². The Kier molecular flexibility index (Phi) is 6.35. The molecule has 0 saturated carbocycles. The Hall–Kier alpha value is -2.37. The van der Waals surface area contributed by atoms with Crippen LogP contribution in [0.3, 0.4) is 0 Å². The molecule has 3 N–H and O–H groups in total. The summed E-state index contributed by atoms with van der Waals surface area (Å²) in [7, 11) is 1.46. The van der Waals surface area contributed by atoms with Gasteiger partial charge in [-0.15, -0.1) is 0 Å². The number of hydrogen-bond acceptors (Lipinski definition) is 3. The Labute approximate surface area is 146 Å². The minimum absolute atomic E-state index is 0.181. The first-order valence-electron chi connectivity index (χ1n) is 7.61. The van der Waals surface area contributed by atoms with Gasteiger partial charge in [0.1, 0.15) is 6.04 Å². The number of nitrogens with one attached hydrogen (secondary N) is 3. The van der Waals surface area contributed by atoms with Gasteiger partial charge in [0.25, 0.3) is 0 Å². The van der Waals surface area contributed by atoms with Gasteiger partial charge in [0, 0.05) is 18.1 Å². The Bertz CT molecular complexity index is 706. The second-order valence-corrected chi connectivity index (χ2v) is 5.73. The summed E-state index contributed by atoms with van der Waals surface area (Å²) in [5.74, 6) is -0.431. The molecule has 0 fully saturated rings. The van der Waals surface area contributed by atoms with E-state index < -0.39 is 18.0 Å². The lowest BCUT2D eigenvalue weighted by Gasteiger charge is -2.23. The van der Waals surface area contributed by atoms with Crippen LogP contribution in [0.25, 0.3) is 0 Å². The maximum atomic E-state index is 12.5. The Morgan fingerprint density at radius 3 is 2.25 bits per heavy atom. The molecule has 0 saturated heterocycles. The number of rotatable bonds is 5. The van der Waals surface area contributed by atoms with Gasteiger partial charge in [-0.25, -0.2) is 4.79 Å². The second kappa shape index (κ2) is 8.47. The fraction of sp³-hybridized carbons (Fsp3) is 0.222. The number of carbonyl (C=O) groups excluding carboxylic acids is 2. The largest absolute Gasteiger partial charge is 0.341 e. The van der Waals surface area contributed by atoms with Crippen LogP contribution >= 0.6 is 11.6 Å². The molecule has 24 heavy (non-hydrogen) atoms. The van der Waals surface area contributed by atoms with Crippen LogP contribution in [0.4, 0.5) is 4.79 Å². The Morgan fingerprint density at radius 2 is 1.62 bits per heavy atom. The molecule has 0 radical (unpaired) electrons. The van der Waals surface area contributed by atoms with E-state index in [2.05, 4.69) is 16.0 Å². The maximum Gasteiger partial charge on any atom is 0.321 e. The van der Waals surface area contributed by atoms with E-state index in [0.717, 1.165) is 11.1 Å². The van der Waals surface area contributed by atoms with Gasteiger partial charge in [0.15, 0.2) is 0 Å². The topological polar surface area (TPSA) is 70.2 Å². The van der Waals surface area contributed by atoms with Crippen LogP contribution in [0, 0.1) is 0 Å². The number of imide groups is 1. The van der Waals surface area contributed by atoms with Gasteiger partial charge in [0.2, 0.25) is 5.91 Å². The van der Waals surface area contributed by atoms with Crippen molar-refractivity contribution in [1.82, 2.24) is 16.0 Å². The quantitative estimate of drug-likeness (QED) is 0.779. The third-order valence-electron chi connectivity index (χ3n) is 3.65. The fourth-order valence-corrected chi connectivity index (χ4v) is 2.68. The van der Waals surface area contributed by atoms with E-state index in [-0.39, 0.29) is 6.04 Å². The average Bonchev–Trinajstić information content (AvgIpc) is 2.60. The number of hydrogen-bond donors (Lipinski definition) is 3. The van der Waals surface area contributed by atoms with Gasteiger partial charge in [-0.05, 0) is 24.1 Å². The molecule has 2 aromatic carbocycles. The van der Waals surface area contributed by atoms with Crippen molar-refractivity contribution in [3.05, 3.63) is 70.7 Å². The van der Waals surface area contributed by atoms with Crippen molar-refractivity contribution in [3.63, 3.8) is 0 Å². The molecule has 0 unspecified atom stereocenters. The molecule has 0 aliphatic carbocycles. The molecule has 0 bridgehead atoms. The molecule has 126 valence electrons. The molecular formula is C18H20ClN3O2. The summed E-state index contributed by atoms with van der Waals surface area (Å²) >= 11 is 6.23. The van der Waals surface area contributed by atoms with Crippen molar-refractivity contribution in [2.75, 3.05) is 7.05 Å². The molecule has 2 rings (SSSR count). The molecule has 0 aliphatic rings. The fourth-order valence-electron chi connectivity index (χ4n) is 2.38. The summed E-state index contributed by atoms with van der Waals surface area (Å²) in [6.45, 7) is 1.92. The number of urea groups is 1. The van der Waals surface area contributed by atoms with Crippen molar-refractivity contribution < 1.29 is 9.59 Å². The standard InChI is InChI=1S/C18H20ClN3O2/c1-12(14-10-6-7-11-15(14)19)21-16(13-8-4-3-5-9-13)17(23)22-18(24)20-2/h3-12,16,21H,1-2H3,(H2,20,22,23,24)/t12-,16+/m0/s1. The molecule has 2 aromatic rings. The minimum atomic E-state index is -0.685. The normalized spacial score (nSPS) is 13.0. The van der Waals surface area contributed by atoms with Gasteiger partial charge in [-0.3, -0.25) is 15.4 Å². The van der Waals surface area contributed by atoms with Crippen LogP contribution in [0.15, 0.2) is 54.6 Å². The monoisotopic (exact) mass is 345 g/mol. The summed E-state index contributed by atoms with van der Waals surface area (Å²) in [4.78, 5) is 24.0. The molecule has 3 amide bonds. The summed E-state index contributed by atoms with van der Waals surface area (Å²) in [5.41, 5.74) is 1.64. The van der Waals surface area contributed by atoms with Crippen LogP contribution in [-0.2, 0) is 4.79 Å². The van der Waals surface area contributed by atoms with E-state index in [9.17, 15) is 9.59 Å². The van der Waals surface area contributed by atoms with Crippen LogP contribution in [0.1, 0.15) is 30.1 Å². The van der Waals surface area contributed by atoms with Crippen LogP contribution < -0.4 is 16.0 Å². The van der Waals surface area contributed by atoms with Gasteiger partial charge >= 0.3 is 6.03 Å². The number of benzene rings is 2. The van der Waals surface area contributed by atoms with E-state index >= 15 is 0 Å². The molecule has 6 heteroatoms. The van der Waals surface area contributed by atoms with Gasteiger partial charge in [-0.1, -0.05) is 60.1 Å². The highest BCUT2D eigenvalue weighted by atomic mass is 35.5. The third kappa shape index (κ3) is 4.57.